The molecule has 2 aromatic heterocycles. The third kappa shape index (κ3) is 4.93. The lowest BCUT2D eigenvalue weighted by Crippen LogP contribution is -2.29. The molecule has 0 bridgehead atoms. The second-order valence-electron chi connectivity index (χ2n) is 8.90. The summed E-state index contributed by atoms with van der Waals surface area (Å²) < 4.78 is 17.2. The summed E-state index contributed by atoms with van der Waals surface area (Å²) in [6.07, 6.45) is 1.84. The molecule has 2 atom stereocenters. The highest BCUT2D eigenvalue weighted by Gasteiger charge is 2.42. The Balaban J connectivity index is 1.57. The molecule has 8 heteroatoms. The Hall–Kier alpha value is -4.17. The largest absolute Gasteiger partial charge is 0.491 e. The number of carbonyl (C=O) groups is 1. The fourth-order valence-corrected chi connectivity index (χ4v) is 4.87. The minimum atomic E-state index is -0.422. The van der Waals surface area contributed by atoms with Gasteiger partial charge in [-0.2, -0.15) is 0 Å². The topological polar surface area (TPSA) is 76.8 Å². The number of hydrogen-bond acceptors (Lipinski definition) is 6. The number of thiocarbonyl (C=S) groups is 1. The number of rotatable bonds is 7. The van der Waals surface area contributed by atoms with Crippen molar-refractivity contribution in [1.82, 2.24) is 10.3 Å². The third-order valence-electron chi connectivity index (χ3n) is 6.10. The van der Waals surface area contributed by atoms with Gasteiger partial charge in [0.05, 0.1) is 30.5 Å². The highest BCUT2D eigenvalue weighted by Crippen LogP contribution is 2.43. The lowest BCUT2D eigenvalue weighted by Gasteiger charge is -2.26. The molecule has 0 saturated carbocycles. The summed E-state index contributed by atoms with van der Waals surface area (Å²) in [4.78, 5) is 19.0. The van der Waals surface area contributed by atoms with E-state index in [9.17, 15) is 4.79 Å². The first-order valence-electron chi connectivity index (χ1n) is 12.0. The summed E-state index contributed by atoms with van der Waals surface area (Å²) in [6.45, 7) is 3.99. The first-order chi connectivity index (χ1) is 18.0. The van der Waals surface area contributed by atoms with Gasteiger partial charge in [0.25, 0.3) is 0 Å². The molecule has 37 heavy (non-hydrogen) atoms. The van der Waals surface area contributed by atoms with Crippen LogP contribution in [-0.4, -0.2) is 29.3 Å². The predicted octanol–water partition coefficient (Wildman–Crippen LogP) is 6.09. The second kappa shape index (κ2) is 10.4. The van der Waals surface area contributed by atoms with Gasteiger partial charge >= 0.3 is 5.97 Å². The van der Waals surface area contributed by atoms with Crippen molar-refractivity contribution in [1.29, 1.82) is 0 Å². The van der Waals surface area contributed by atoms with Crippen LogP contribution in [0.1, 0.15) is 47.7 Å². The SMILES string of the molecule is COC(=O)c1ccccc1-c1ccc([C@@H]2[C@@H](c3ccccn3)NC(=S)N2c2ccc(OC(C)C)cc2)o1. The van der Waals surface area contributed by atoms with Crippen LogP contribution in [0.4, 0.5) is 5.69 Å². The summed E-state index contributed by atoms with van der Waals surface area (Å²) in [5.74, 6) is 1.61. The molecule has 1 aliphatic rings. The molecule has 4 aromatic rings. The van der Waals surface area contributed by atoms with Gasteiger partial charge in [-0.3, -0.25) is 4.98 Å². The van der Waals surface area contributed by atoms with Gasteiger partial charge in [-0.25, -0.2) is 4.79 Å². The van der Waals surface area contributed by atoms with E-state index in [1.54, 1.807) is 18.3 Å². The van der Waals surface area contributed by atoms with E-state index >= 15 is 0 Å². The van der Waals surface area contributed by atoms with E-state index in [-0.39, 0.29) is 18.2 Å². The number of methoxy groups -OCH3 is 1. The minimum Gasteiger partial charge on any atom is -0.491 e. The smallest absolute Gasteiger partial charge is 0.338 e. The predicted molar refractivity (Wildman–Crippen MR) is 146 cm³/mol. The van der Waals surface area contributed by atoms with Crippen LogP contribution >= 0.6 is 12.2 Å². The fourth-order valence-electron chi connectivity index (χ4n) is 4.52. The Morgan fingerprint density at radius 1 is 1.03 bits per heavy atom. The van der Waals surface area contributed by atoms with Crippen molar-refractivity contribution in [3.63, 3.8) is 0 Å². The molecule has 3 heterocycles. The number of hydrogen-bond donors (Lipinski definition) is 1. The monoisotopic (exact) mass is 513 g/mol. The van der Waals surface area contributed by atoms with E-state index in [0.29, 0.717) is 27.8 Å². The molecule has 0 radical (unpaired) electrons. The number of pyridine rings is 1. The van der Waals surface area contributed by atoms with Crippen LogP contribution in [0.15, 0.2) is 89.5 Å². The molecular formula is C29H27N3O4S. The standard InChI is InChI=1S/C29H27N3O4S/c1-18(2)35-20-13-11-19(12-14-20)32-27(26(31-29(32)37)23-10-6-7-17-30-23)25-16-15-24(36-25)21-8-4-5-9-22(21)28(33)34-3/h4-18,26-27H,1-3H3,(H,31,37)/t26-,27-/m1/s1. The molecule has 1 N–H and O–H groups in total. The van der Waals surface area contributed by atoms with Crippen molar-refractivity contribution in [3.8, 4) is 17.1 Å². The first-order valence-corrected chi connectivity index (χ1v) is 12.4. The highest BCUT2D eigenvalue weighted by molar-refractivity contribution is 7.80. The van der Waals surface area contributed by atoms with Crippen molar-refractivity contribution in [3.05, 3.63) is 102 Å². The second-order valence-corrected chi connectivity index (χ2v) is 9.28. The number of nitrogens with one attached hydrogen (secondary N) is 1. The normalized spacial score (nSPS) is 17.1. The van der Waals surface area contributed by atoms with Crippen LogP contribution in [0.25, 0.3) is 11.3 Å². The van der Waals surface area contributed by atoms with Gasteiger partial charge in [-0.1, -0.05) is 24.3 Å². The molecule has 0 unspecified atom stereocenters. The third-order valence-corrected chi connectivity index (χ3v) is 6.42. The number of ether oxygens (including phenoxy) is 2. The number of anilines is 1. The summed E-state index contributed by atoms with van der Waals surface area (Å²) in [6, 6.07) is 24.1. The molecule has 1 saturated heterocycles. The first kappa shape index (κ1) is 24.5. The zero-order valence-electron chi connectivity index (χ0n) is 20.8. The number of esters is 1. The lowest BCUT2D eigenvalue weighted by atomic mass is 10.0. The average Bonchev–Trinajstić information content (AvgIpc) is 3.53. The Labute approximate surface area is 221 Å². The minimum absolute atomic E-state index is 0.0797. The Bertz CT molecular complexity index is 1400. The molecule has 2 aromatic carbocycles. The average molecular weight is 514 g/mol. The van der Waals surface area contributed by atoms with Crippen molar-refractivity contribution >= 4 is 29.0 Å². The van der Waals surface area contributed by atoms with E-state index in [1.165, 1.54) is 7.11 Å². The molecule has 0 spiro atoms. The van der Waals surface area contributed by atoms with Crippen LogP contribution < -0.4 is 15.0 Å². The number of benzene rings is 2. The maximum Gasteiger partial charge on any atom is 0.338 e. The molecule has 0 amide bonds. The van der Waals surface area contributed by atoms with Crippen molar-refractivity contribution in [2.75, 3.05) is 12.0 Å². The van der Waals surface area contributed by atoms with Gasteiger partial charge in [0.2, 0.25) is 0 Å². The van der Waals surface area contributed by atoms with E-state index < -0.39 is 5.97 Å². The van der Waals surface area contributed by atoms with Gasteiger partial charge in [-0.05, 0) is 80.7 Å². The van der Waals surface area contributed by atoms with Crippen LogP contribution in [0.2, 0.25) is 0 Å². The fraction of sp³-hybridized carbons (Fsp3) is 0.207. The molecule has 0 aliphatic carbocycles. The van der Waals surface area contributed by atoms with Crippen LogP contribution in [0.5, 0.6) is 5.75 Å². The van der Waals surface area contributed by atoms with E-state index in [1.807, 2.05) is 85.5 Å². The summed E-state index contributed by atoms with van der Waals surface area (Å²) in [5, 5.41) is 3.99. The van der Waals surface area contributed by atoms with Crippen molar-refractivity contribution < 1.29 is 18.7 Å². The number of aromatic nitrogens is 1. The Morgan fingerprint density at radius 2 is 1.78 bits per heavy atom. The molecule has 1 aliphatic heterocycles. The quantitative estimate of drug-likeness (QED) is 0.235. The van der Waals surface area contributed by atoms with Gasteiger partial charge < -0.3 is 24.1 Å². The van der Waals surface area contributed by atoms with Crippen LogP contribution in [0.3, 0.4) is 0 Å². The summed E-state index contributed by atoms with van der Waals surface area (Å²) >= 11 is 5.80. The van der Waals surface area contributed by atoms with Crippen molar-refractivity contribution in [2.45, 2.75) is 32.0 Å². The lowest BCUT2D eigenvalue weighted by molar-refractivity contribution is 0.0601. The Morgan fingerprint density at radius 3 is 2.49 bits per heavy atom. The number of nitrogens with zero attached hydrogens (tertiary/aromatic N) is 2. The van der Waals surface area contributed by atoms with Gasteiger partial charge in [0.15, 0.2) is 5.11 Å². The molecule has 188 valence electrons. The van der Waals surface area contributed by atoms with Gasteiger partial charge in [0.1, 0.15) is 23.3 Å². The maximum atomic E-state index is 12.4. The van der Waals surface area contributed by atoms with E-state index in [4.69, 9.17) is 26.1 Å². The van der Waals surface area contributed by atoms with Crippen LogP contribution in [-0.2, 0) is 4.74 Å². The molecule has 1 fully saturated rings. The zero-order chi connectivity index (χ0) is 25.9. The van der Waals surface area contributed by atoms with Gasteiger partial charge in [0, 0.05) is 17.4 Å². The number of furan rings is 1. The molecular weight excluding hydrogens is 486 g/mol. The van der Waals surface area contributed by atoms with Gasteiger partial charge in [-0.15, -0.1) is 0 Å². The summed E-state index contributed by atoms with van der Waals surface area (Å²) in [5.41, 5.74) is 2.82. The molecule has 5 rings (SSSR count). The molecule has 7 nitrogen and oxygen atoms in total. The summed E-state index contributed by atoms with van der Waals surface area (Å²) in [7, 11) is 1.37. The van der Waals surface area contributed by atoms with E-state index in [2.05, 4.69) is 10.3 Å². The Kier molecular flexibility index (Phi) is 6.92. The maximum absolute atomic E-state index is 12.4. The van der Waals surface area contributed by atoms with E-state index in [0.717, 1.165) is 17.1 Å². The van der Waals surface area contributed by atoms with Crippen LogP contribution in [0, 0.1) is 0 Å². The highest BCUT2D eigenvalue weighted by atomic mass is 32.1. The van der Waals surface area contributed by atoms with Crippen molar-refractivity contribution in [2.24, 2.45) is 0 Å². The zero-order valence-corrected chi connectivity index (χ0v) is 21.6. The number of carbonyl (C=O) groups excluding carboxylic acids is 1.